The minimum Gasteiger partial charge on any atom is -0.370 e. The number of hydrogen-bond acceptors (Lipinski definition) is 1. The number of benzene rings is 3. The lowest BCUT2D eigenvalue weighted by Crippen LogP contribution is -2.23. The molecule has 0 radical (unpaired) electrons. The molecule has 35 heavy (non-hydrogen) atoms. The first-order valence-electron chi connectivity index (χ1n) is 12.1. The summed E-state index contributed by atoms with van der Waals surface area (Å²) in [6, 6.07) is 29.8. The number of imidazole rings is 1. The summed E-state index contributed by atoms with van der Waals surface area (Å²) in [5.41, 5.74) is 9.93. The van der Waals surface area contributed by atoms with Gasteiger partial charge in [0.05, 0.1) is 11.4 Å². The van der Waals surface area contributed by atoms with Gasteiger partial charge in [0.2, 0.25) is 0 Å². The van der Waals surface area contributed by atoms with E-state index >= 15 is 0 Å². The van der Waals surface area contributed by atoms with E-state index in [0.717, 1.165) is 28.1 Å². The van der Waals surface area contributed by atoms with Crippen molar-refractivity contribution in [3.05, 3.63) is 112 Å². The summed E-state index contributed by atoms with van der Waals surface area (Å²) in [5, 5.41) is 3.56. The highest BCUT2D eigenvalue weighted by Gasteiger charge is 2.28. The maximum Gasteiger partial charge on any atom is 0.124 e. The topological polar surface area (TPSA) is 21.4 Å². The molecule has 1 aliphatic heterocycles. The Labute approximate surface area is 219 Å². The number of aryl methyl sites for hydroxylation is 2. The molecule has 0 spiro atoms. The van der Waals surface area contributed by atoms with Crippen LogP contribution in [0.4, 0.5) is 0 Å². The van der Waals surface area contributed by atoms with Crippen LogP contribution in [0.5, 0.6) is 0 Å². The summed E-state index contributed by atoms with van der Waals surface area (Å²) < 4.78 is 5.93. The van der Waals surface area contributed by atoms with Crippen LogP contribution in [0.2, 0.25) is 0 Å². The minimum absolute atomic E-state index is 0.703. The van der Waals surface area contributed by atoms with E-state index < -0.39 is 0 Å². The first-order chi connectivity index (χ1) is 17.2. The molecule has 5 heteroatoms. The molecule has 0 saturated heterocycles. The van der Waals surface area contributed by atoms with Crippen molar-refractivity contribution in [2.45, 2.75) is 32.4 Å². The normalized spacial score (nSPS) is 13.1. The van der Waals surface area contributed by atoms with Gasteiger partial charge in [-0.3, -0.25) is 4.40 Å². The van der Waals surface area contributed by atoms with Crippen LogP contribution in [0.15, 0.2) is 95.6 Å². The van der Waals surface area contributed by atoms with Gasteiger partial charge in [0.1, 0.15) is 10.6 Å². The van der Waals surface area contributed by atoms with Crippen LogP contribution < -0.4 is 5.32 Å². The number of rotatable bonds is 5. The third-order valence-corrected chi connectivity index (χ3v) is 7.71. The predicted molar refractivity (Wildman–Crippen MR) is 152 cm³/mol. The number of thiocarbonyl (C=S) groups is 1. The Hall–Kier alpha value is -3.15. The summed E-state index contributed by atoms with van der Waals surface area (Å²) in [5.74, 6) is 0. The SMILES string of the molecule is S=C(NCc1ccccc1)c1c(-c2ccc(Br)cc2)c2c3n(c(-c4ccccc4)cn13)CCCC2. The van der Waals surface area contributed by atoms with Gasteiger partial charge >= 0.3 is 0 Å². The Morgan fingerprint density at radius 1 is 0.857 bits per heavy atom. The first kappa shape index (κ1) is 22.3. The number of nitrogens with zero attached hydrogens (tertiary/aromatic N) is 2. The second-order valence-electron chi connectivity index (χ2n) is 9.06. The van der Waals surface area contributed by atoms with Crippen molar-refractivity contribution in [2.24, 2.45) is 0 Å². The molecule has 0 aliphatic carbocycles. The maximum absolute atomic E-state index is 6.09. The summed E-state index contributed by atoms with van der Waals surface area (Å²) in [6.07, 6.45) is 5.68. The molecule has 3 aromatic carbocycles. The van der Waals surface area contributed by atoms with Gasteiger partial charge in [-0.05, 0) is 48.1 Å². The van der Waals surface area contributed by atoms with E-state index in [-0.39, 0.29) is 0 Å². The van der Waals surface area contributed by atoms with Crippen molar-refractivity contribution in [3.8, 4) is 22.4 Å². The molecule has 3 nitrogen and oxygen atoms in total. The largest absolute Gasteiger partial charge is 0.370 e. The first-order valence-corrected chi connectivity index (χ1v) is 13.3. The number of nitrogens with one attached hydrogen (secondary N) is 1. The van der Waals surface area contributed by atoms with Gasteiger partial charge in [-0.25, -0.2) is 0 Å². The molecule has 3 heterocycles. The Bertz CT molecular complexity index is 1500. The average molecular weight is 541 g/mol. The zero-order chi connectivity index (χ0) is 23.8. The third-order valence-electron chi connectivity index (χ3n) is 6.85. The van der Waals surface area contributed by atoms with Gasteiger partial charge in [-0.15, -0.1) is 0 Å². The van der Waals surface area contributed by atoms with Gasteiger partial charge in [-0.2, -0.15) is 0 Å². The van der Waals surface area contributed by atoms with E-state index in [1.807, 2.05) is 6.07 Å². The zero-order valence-corrected chi connectivity index (χ0v) is 21.8. The minimum atomic E-state index is 0.703. The van der Waals surface area contributed by atoms with Crippen molar-refractivity contribution < 1.29 is 0 Å². The molecule has 2 aromatic heterocycles. The van der Waals surface area contributed by atoms with E-state index in [9.17, 15) is 0 Å². The highest BCUT2D eigenvalue weighted by molar-refractivity contribution is 9.10. The summed E-state index contributed by atoms with van der Waals surface area (Å²) in [7, 11) is 0. The smallest absolute Gasteiger partial charge is 0.124 e. The van der Waals surface area contributed by atoms with Crippen molar-refractivity contribution in [2.75, 3.05) is 0 Å². The van der Waals surface area contributed by atoms with Crippen molar-refractivity contribution in [1.29, 1.82) is 0 Å². The quantitative estimate of drug-likeness (QED) is 0.232. The second-order valence-corrected chi connectivity index (χ2v) is 10.4. The van der Waals surface area contributed by atoms with Gasteiger partial charge in [-0.1, -0.05) is 101 Å². The summed E-state index contributed by atoms with van der Waals surface area (Å²) in [4.78, 5) is 0.783. The average Bonchev–Trinajstić information content (AvgIpc) is 3.32. The van der Waals surface area contributed by atoms with Crippen molar-refractivity contribution in [3.63, 3.8) is 0 Å². The molecule has 0 unspecified atom stereocenters. The molecule has 1 aliphatic rings. The van der Waals surface area contributed by atoms with Gasteiger partial charge in [0, 0.05) is 34.9 Å². The monoisotopic (exact) mass is 539 g/mol. The molecule has 0 fully saturated rings. The lowest BCUT2D eigenvalue weighted by atomic mass is 9.98. The summed E-state index contributed by atoms with van der Waals surface area (Å²) >= 11 is 9.70. The molecule has 0 amide bonds. The molecular weight excluding hydrogens is 514 g/mol. The van der Waals surface area contributed by atoms with Crippen LogP contribution in [-0.4, -0.2) is 14.0 Å². The standard InChI is InChI=1S/C30H26BrN3S/c31-24-16-14-23(15-17-24)27-25-13-7-8-18-33-26(22-11-5-2-6-12-22)20-34(30(25)33)28(27)29(35)32-19-21-9-3-1-4-10-21/h1-6,9-12,14-17,20H,7-8,13,18-19H2,(H,32,35). The Morgan fingerprint density at radius 2 is 1.57 bits per heavy atom. The lowest BCUT2D eigenvalue weighted by molar-refractivity contribution is 0.647. The fourth-order valence-electron chi connectivity index (χ4n) is 5.24. The highest BCUT2D eigenvalue weighted by Crippen LogP contribution is 2.39. The maximum atomic E-state index is 6.09. The highest BCUT2D eigenvalue weighted by atomic mass is 79.9. The lowest BCUT2D eigenvalue weighted by Gasteiger charge is -2.12. The van der Waals surface area contributed by atoms with E-state index in [1.54, 1.807) is 0 Å². The van der Waals surface area contributed by atoms with Crippen molar-refractivity contribution in [1.82, 2.24) is 14.3 Å². The molecule has 174 valence electrons. The van der Waals surface area contributed by atoms with Gasteiger partial charge < -0.3 is 9.88 Å². The fourth-order valence-corrected chi connectivity index (χ4v) is 5.77. The van der Waals surface area contributed by atoms with Crippen LogP contribution in [0, 0.1) is 0 Å². The number of halogens is 1. The predicted octanol–water partition coefficient (Wildman–Crippen LogP) is 7.64. The molecule has 0 atom stereocenters. The summed E-state index contributed by atoms with van der Waals surface area (Å²) in [6.45, 7) is 1.72. The van der Waals surface area contributed by atoms with Crippen LogP contribution in [-0.2, 0) is 19.5 Å². The molecular formula is C30H26BrN3S. The van der Waals surface area contributed by atoms with Gasteiger partial charge in [0.25, 0.3) is 0 Å². The van der Waals surface area contributed by atoms with E-state index in [1.165, 1.54) is 52.0 Å². The van der Waals surface area contributed by atoms with Crippen LogP contribution in [0.3, 0.4) is 0 Å². The van der Waals surface area contributed by atoms with E-state index in [4.69, 9.17) is 12.2 Å². The molecule has 0 saturated carbocycles. The van der Waals surface area contributed by atoms with Crippen molar-refractivity contribution >= 4 is 38.8 Å². The second kappa shape index (κ2) is 9.48. The fraction of sp³-hybridized carbons (Fsp3) is 0.167. The molecule has 6 rings (SSSR count). The zero-order valence-electron chi connectivity index (χ0n) is 19.4. The number of aromatic nitrogens is 2. The third kappa shape index (κ3) is 4.13. The molecule has 5 aromatic rings. The van der Waals surface area contributed by atoms with E-state index in [2.05, 4.69) is 115 Å². The van der Waals surface area contributed by atoms with Crippen LogP contribution in [0.25, 0.3) is 28.0 Å². The Morgan fingerprint density at radius 3 is 2.31 bits per heavy atom. The molecule has 0 bridgehead atoms. The van der Waals surface area contributed by atoms with E-state index in [0.29, 0.717) is 6.54 Å². The van der Waals surface area contributed by atoms with Crippen LogP contribution in [0.1, 0.15) is 29.7 Å². The Balaban J connectivity index is 1.55. The van der Waals surface area contributed by atoms with Gasteiger partial charge in [0.15, 0.2) is 0 Å². The van der Waals surface area contributed by atoms with Crippen LogP contribution >= 0.6 is 28.1 Å². The number of hydrogen-bond donors (Lipinski definition) is 1. The Kier molecular flexibility index (Phi) is 6.05. The molecule has 1 N–H and O–H groups in total.